The first-order valence-corrected chi connectivity index (χ1v) is 7.51. The first-order chi connectivity index (χ1) is 9.88. The number of nitrogens with one attached hydrogen (secondary N) is 2. The fourth-order valence-corrected chi connectivity index (χ4v) is 2.45. The quantitative estimate of drug-likeness (QED) is 0.845. The van der Waals surface area contributed by atoms with Crippen LogP contribution < -0.4 is 10.3 Å². The molecule has 0 bridgehead atoms. The van der Waals surface area contributed by atoms with E-state index in [0.29, 0.717) is 5.56 Å². The highest BCUT2D eigenvalue weighted by molar-refractivity contribution is 7.89. The number of hydrogen-bond acceptors (Lipinski definition) is 3. The molecule has 0 saturated carbocycles. The molecule has 0 fully saturated rings. The number of amides is 1. The molecule has 0 heterocycles. The van der Waals surface area contributed by atoms with Crippen molar-refractivity contribution in [1.82, 2.24) is 10.3 Å². The smallest absolute Gasteiger partial charge is 0.266 e. The second-order valence-electron chi connectivity index (χ2n) is 4.38. The molecule has 0 saturated heterocycles. The van der Waals surface area contributed by atoms with E-state index in [1.54, 1.807) is 24.3 Å². The van der Waals surface area contributed by atoms with E-state index in [1.807, 2.05) is 11.8 Å². The molecule has 0 atom stereocenters. The molecule has 0 aliphatic carbocycles. The molecule has 2 rings (SSSR count). The maximum absolute atomic E-state index is 13.0. The van der Waals surface area contributed by atoms with Crippen LogP contribution in [0.3, 0.4) is 0 Å². The monoisotopic (exact) mass is 308 g/mol. The van der Waals surface area contributed by atoms with E-state index in [2.05, 4.69) is 5.43 Å². The van der Waals surface area contributed by atoms with Crippen molar-refractivity contribution in [2.24, 2.45) is 0 Å². The Bertz CT molecular complexity index is 758. The van der Waals surface area contributed by atoms with Crippen LogP contribution in [0.15, 0.2) is 53.4 Å². The summed E-state index contributed by atoms with van der Waals surface area (Å²) in [6.07, 6.45) is 0. The van der Waals surface area contributed by atoms with Crippen molar-refractivity contribution >= 4 is 15.9 Å². The molecule has 2 aromatic carbocycles. The molecule has 0 aromatic heterocycles. The Morgan fingerprint density at radius 1 is 1.10 bits per heavy atom. The number of hydrazine groups is 1. The van der Waals surface area contributed by atoms with Gasteiger partial charge in [0.15, 0.2) is 0 Å². The van der Waals surface area contributed by atoms with Gasteiger partial charge in [0.25, 0.3) is 15.9 Å². The lowest BCUT2D eigenvalue weighted by Gasteiger charge is -2.08. The maximum atomic E-state index is 13.0. The summed E-state index contributed by atoms with van der Waals surface area (Å²) in [5, 5.41) is 0. The van der Waals surface area contributed by atoms with Crippen LogP contribution in [0.5, 0.6) is 0 Å². The molecule has 0 radical (unpaired) electrons. The van der Waals surface area contributed by atoms with E-state index >= 15 is 0 Å². The van der Waals surface area contributed by atoms with E-state index in [4.69, 9.17) is 0 Å². The number of carbonyl (C=O) groups excluding carboxylic acids is 1. The highest BCUT2D eigenvalue weighted by Gasteiger charge is 2.16. The van der Waals surface area contributed by atoms with Gasteiger partial charge in [0.1, 0.15) is 5.82 Å². The SMILES string of the molecule is Cc1ccc(C(=O)NNS(=O)(=O)c2cccc(F)c2)cc1. The topological polar surface area (TPSA) is 75.3 Å². The normalized spacial score (nSPS) is 11.1. The summed E-state index contributed by atoms with van der Waals surface area (Å²) < 4.78 is 36.8. The van der Waals surface area contributed by atoms with Crippen molar-refractivity contribution in [3.8, 4) is 0 Å². The van der Waals surface area contributed by atoms with Crippen LogP contribution in [0.2, 0.25) is 0 Å². The number of sulfonamides is 1. The van der Waals surface area contributed by atoms with Crippen LogP contribution in [0.25, 0.3) is 0 Å². The lowest BCUT2D eigenvalue weighted by molar-refractivity contribution is 0.0945. The second-order valence-corrected chi connectivity index (χ2v) is 6.07. The van der Waals surface area contributed by atoms with Crippen LogP contribution in [0, 0.1) is 12.7 Å². The van der Waals surface area contributed by atoms with E-state index in [9.17, 15) is 17.6 Å². The molecule has 1 amide bonds. The van der Waals surface area contributed by atoms with Gasteiger partial charge in [0.2, 0.25) is 0 Å². The van der Waals surface area contributed by atoms with Gasteiger partial charge < -0.3 is 0 Å². The predicted molar refractivity (Wildman–Crippen MR) is 75.4 cm³/mol. The van der Waals surface area contributed by atoms with Crippen LogP contribution in [0.4, 0.5) is 4.39 Å². The lowest BCUT2D eigenvalue weighted by atomic mass is 10.1. The average Bonchev–Trinajstić information content (AvgIpc) is 2.45. The third kappa shape index (κ3) is 3.87. The third-order valence-corrected chi connectivity index (χ3v) is 3.96. The number of benzene rings is 2. The average molecular weight is 308 g/mol. The molecule has 0 unspecified atom stereocenters. The zero-order valence-corrected chi connectivity index (χ0v) is 11.9. The summed E-state index contributed by atoms with van der Waals surface area (Å²) in [5.74, 6) is -1.28. The van der Waals surface area contributed by atoms with E-state index in [0.717, 1.165) is 17.7 Å². The molecule has 21 heavy (non-hydrogen) atoms. The molecule has 110 valence electrons. The summed E-state index contributed by atoms with van der Waals surface area (Å²) in [4.78, 5) is 13.4. The molecule has 2 aromatic rings. The van der Waals surface area contributed by atoms with E-state index in [1.165, 1.54) is 12.1 Å². The zero-order valence-electron chi connectivity index (χ0n) is 11.1. The molecule has 0 aliphatic heterocycles. The minimum atomic E-state index is -4.02. The molecule has 7 heteroatoms. The number of rotatable bonds is 4. The van der Waals surface area contributed by atoms with Gasteiger partial charge in [-0.3, -0.25) is 10.2 Å². The first kappa shape index (κ1) is 15.1. The molecule has 2 N–H and O–H groups in total. The minimum absolute atomic E-state index is 0.272. The van der Waals surface area contributed by atoms with Crippen LogP contribution in [-0.2, 0) is 10.0 Å². The van der Waals surface area contributed by atoms with Crippen molar-refractivity contribution in [1.29, 1.82) is 0 Å². The Balaban J connectivity index is 2.08. The van der Waals surface area contributed by atoms with Crippen molar-refractivity contribution < 1.29 is 17.6 Å². The van der Waals surface area contributed by atoms with E-state index in [-0.39, 0.29) is 4.90 Å². The van der Waals surface area contributed by atoms with Crippen LogP contribution in [0.1, 0.15) is 15.9 Å². The van der Waals surface area contributed by atoms with Crippen molar-refractivity contribution in [3.05, 3.63) is 65.5 Å². The van der Waals surface area contributed by atoms with Crippen molar-refractivity contribution in [2.75, 3.05) is 0 Å². The Labute approximate surface area is 121 Å². The first-order valence-electron chi connectivity index (χ1n) is 6.03. The van der Waals surface area contributed by atoms with E-state index < -0.39 is 21.7 Å². The Morgan fingerprint density at radius 3 is 2.38 bits per heavy atom. The van der Waals surface area contributed by atoms with Gasteiger partial charge in [0.05, 0.1) is 4.90 Å². The Morgan fingerprint density at radius 2 is 1.76 bits per heavy atom. The van der Waals surface area contributed by atoms with Gasteiger partial charge >= 0.3 is 0 Å². The molecular formula is C14H13FN2O3S. The fraction of sp³-hybridized carbons (Fsp3) is 0.0714. The molecule has 0 spiro atoms. The summed E-state index contributed by atoms with van der Waals surface area (Å²) in [5.41, 5.74) is 3.36. The summed E-state index contributed by atoms with van der Waals surface area (Å²) in [7, 11) is -4.02. The van der Waals surface area contributed by atoms with Crippen LogP contribution >= 0.6 is 0 Å². The number of aryl methyl sites for hydroxylation is 1. The highest BCUT2D eigenvalue weighted by Crippen LogP contribution is 2.09. The largest absolute Gasteiger partial charge is 0.273 e. The van der Waals surface area contributed by atoms with Crippen LogP contribution in [-0.4, -0.2) is 14.3 Å². The maximum Gasteiger partial charge on any atom is 0.266 e. The minimum Gasteiger partial charge on any atom is -0.273 e. The molecule has 0 aliphatic rings. The Hall–Kier alpha value is -2.25. The summed E-state index contributed by atoms with van der Waals surface area (Å²) >= 11 is 0. The van der Waals surface area contributed by atoms with Gasteiger partial charge in [-0.15, -0.1) is 4.83 Å². The number of halogens is 1. The summed E-state index contributed by atoms with van der Waals surface area (Å²) in [6, 6.07) is 11.1. The van der Waals surface area contributed by atoms with Gasteiger partial charge in [-0.2, -0.15) is 0 Å². The second kappa shape index (κ2) is 6.02. The standard InChI is InChI=1S/C14H13FN2O3S/c1-10-5-7-11(8-6-10)14(18)16-17-21(19,20)13-4-2-3-12(15)9-13/h2-9,17H,1H3,(H,16,18). The number of carbonyl (C=O) groups is 1. The zero-order chi connectivity index (χ0) is 15.5. The fourth-order valence-electron chi connectivity index (χ4n) is 1.58. The molecule has 5 nitrogen and oxygen atoms in total. The predicted octanol–water partition coefficient (Wildman–Crippen LogP) is 1.76. The highest BCUT2D eigenvalue weighted by atomic mass is 32.2. The van der Waals surface area contributed by atoms with Crippen molar-refractivity contribution in [2.45, 2.75) is 11.8 Å². The Kier molecular flexibility index (Phi) is 4.35. The van der Waals surface area contributed by atoms with Gasteiger partial charge in [-0.05, 0) is 37.3 Å². The molecular weight excluding hydrogens is 295 g/mol. The lowest BCUT2D eigenvalue weighted by Crippen LogP contribution is -2.41. The van der Waals surface area contributed by atoms with Crippen molar-refractivity contribution in [3.63, 3.8) is 0 Å². The third-order valence-electron chi connectivity index (χ3n) is 2.72. The van der Waals surface area contributed by atoms with Gasteiger partial charge in [-0.25, -0.2) is 12.8 Å². The number of hydrogen-bond donors (Lipinski definition) is 2. The van der Waals surface area contributed by atoms with Gasteiger partial charge in [0, 0.05) is 5.56 Å². The van der Waals surface area contributed by atoms with Gasteiger partial charge in [-0.1, -0.05) is 23.8 Å². The summed E-state index contributed by atoms with van der Waals surface area (Å²) in [6.45, 7) is 1.87.